The highest BCUT2D eigenvalue weighted by molar-refractivity contribution is 5.99. The van der Waals surface area contributed by atoms with Gasteiger partial charge in [0.1, 0.15) is 0 Å². The van der Waals surface area contributed by atoms with E-state index in [9.17, 15) is 9.59 Å². The molecule has 2 heterocycles. The first kappa shape index (κ1) is 20.6. The smallest absolute Gasteiger partial charge is 0.255 e. The summed E-state index contributed by atoms with van der Waals surface area (Å²) in [6, 6.07) is 5.50. The van der Waals surface area contributed by atoms with Gasteiger partial charge in [0.15, 0.2) is 11.5 Å². The molecule has 0 aliphatic carbocycles. The minimum Gasteiger partial charge on any atom is -0.493 e. The molecule has 0 bridgehead atoms. The van der Waals surface area contributed by atoms with Crippen molar-refractivity contribution < 1.29 is 19.1 Å². The Kier molecular flexibility index (Phi) is 6.69. The van der Waals surface area contributed by atoms with E-state index in [4.69, 9.17) is 9.47 Å². The van der Waals surface area contributed by atoms with E-state index in [2.05, 4.69) is 17.2 Å². The molecule has 0 spiro atoms. The van der Waals surface area contributed by atoms with Gasteiger partial charge in [0.2, 0.25) is 0 Å². The number of unbranched alkanes of at least 4 members (excludes halogenated alkanes) is 1. The molecule has 1 aliphatic rings. The first-order valence-electron chi connectivity index (χ1n) is 9.83. The van der Waals surface area contributed by atoms with Gasteiger partial charge in [-0.2, -0.15) is 0 Å². The van der Waals surface area contributed by atoms with E-state index in [0.717, 1.165) is 30.4 Å². The minimum absolute atomic E-state index is 0.138. The monoisotopic (exact) mass is 397 g/mol. The fourth-order valence-corrected chi connectivity index (χ4v) is 3.40. The van der Waals surface area contributed by atoms with Crippen LogP contribution in [0.5, 0.6) is 11.5 Å². The largest absolute Gasteiger partial charge is 0.493 e. The Morgan fingerprint density at radius 1 is 1.07 bits per heavy atom. The summed E-state index contributed by atoms with van der Waals surface area (Å²) in [4.78, 5) is 31.2. The molecule has 154 valence electrons. The van der Waals surface area contributed by atoms with Crippen LogP contribution in [0.2, 0.25) is 0 Å². The van der Waals surface area contributed by atoms with E-state index in [0.29, 0.717) is 42.3 Å². The van der Waals surface area contributed by atoms with Crippen molar-refractivity contribution in [1.82, 2.24) is 15.2 Å². The number of ether oxygens (including phenoxy) is 2. The number of fused-ring (bicyclic) bond motifs is 1. The Bertz CT molecular complexity index is 898. The second-order valence-corrected chi connectivity index (χ2v) is 7.02. The van der Waals surface area contributed by atoms with Gasteiger partial charge in [-0.25, -0.2) is 0 Å². The number of pyridine rings is 1. The average Bonchev–Trinajstić information content (AvgIpc) is 2.77. The van der Waals surface area contributed by atoms with Gasteiger partial charge in [-0.3, -0.25) is 14.6 Å². The molecule has 0 fully saturated rings. The van der Waals surface area contributed by atoms with Crippen LogP contribution in [0.25, 0.3) is 0 Å². The molecule has 0 saturated carbocycles. The van der Waals surface area contributed by atoms with Crippen molar-refractivity contribution in [3.8, 4) is 11.5 Å². The van der Waals surface area contributed by atoms with Crippen LogP contribution in [-0.4, -0.2) is 49.0 Å². The van der Waals surface area contributed by atoms with E-state index >= 15 is 0 Å². The number of benzene rings is 1. The highest BCUT2D eigenvalue weighted by atomic mass is 16.5. The number of amides is 2. The lowest BCUT2D eigenvalue weighted by Gasteiger charge is -2.29. The van der Waals surface area contributed by atoms with Crippen molar-refractivity contribution in [2.45, 2.75) is 32.7 Å². The maximum atomic E-state index is 13.0. The summed E-state index contributed by atoms with van der Waals surface area (Å²) in [7, 11) is 3.21. The van der Waals surface area contributed by atoms with E-state index in [1.54, 1.807) is 25.2 Å². The molecule has 0 radical (unpaired) electrons. The molecule has 2 amide bonds. The van der Waals surface area contributed by atoms with Crippen molar-refractivity contribution in [2.24, 2.45) is 0 Å². The normalized spacial score (nSPS) is 12.9. The number of hydrogen-bond acceptors (Lipinski definition) is 5. The molecule has 29 heavy (non-hydrogen) atoms. The molecule has 1 aliphatic heterocycles. The maximum Gasteiger partial charge on any atom is 0.255 e. The van der Waals surface area contributed by atoms with Crippen LogP contribution >= 0.6 is 0 Å². The molecule has 7 nitrogen and oxygen atoms in total. The second kappa shape index (κ2) is 9.41. The SMILES string of the molecule is CCCCNC(=O)c1cncc(C(=O)N2CCc3cc(OC)c(OC)cc3C2)c1. The maximum absolute atomic E-state index is 13.0. The number of hydrogen-bond donors (Lipinski definition) is 1. The number of rotatable bonds is 7. The number of aromatic nitrogens is 1. The summed E-state index contributed by atoms with van der Waals surface area (Å²) in [5.74, 6) is 0.993. The number of nitrogens with one attached hydrogen (secondary N) is 1. The third-order valence-electron chi connectivity index (χ3n) is 5.07. The van der Waals surface area contributed by atoms with Crippen molar-refractivity contribution in [2.75, 3.05) is 27.3 Å². The third kappa shape index (κ3) is 4.67. The van der Waals surface area contributed by atoms with Crippen molar-refractivity contribution in [1.29, 1.82) is 0 Å². The molecule has 0 atom stereocenters. The van der Waals surface area contributed by atoms with Gasteiger partial charge < -0.3 is 19.7 Å². The van der Waals surface area contributed by atoms with Crippen LogP contribution in [0.4, 0.5) is 0 Å². The van der Waals surface area contributed by atoms with Gasteiger partial charge in [-0.1, -0.05) is 13.3 Å². The number of methoxy groups -OCH3 is 2. The predicted octanol–water partition coefficient (Wildman–Crippen LogP) is 2.83. The topological polar surface area (TPSA) is 80.8 Å². The molecule has 1 aromatic heterocycles. The van der Waals surface area contributed by atoms with Crippen molar-refractivity contribution in [3.05, 3.63) is 52.8 Å². The lowest BCUT2D eigenvalue weighted by Crippen LogP contribution is -2.36. The quantitative estimate of drug-likeness (QED) is 0.727. The summed E-state index contributed by atoms with van der Waals surface area (Å²) in [5.41, 5.74) is 2.99. The zero-order valence-electron chi connectivity index (χ0n) is 17.2. The summed E-state index contributed by atoms with van der Waals surface area (Å²) >= 11 is 0. The Hall–Kier alpha value is -3.09. The van der Waals surface area contributed by atoms with E-state index in [-0.39, 0.29) is 11.8 Å². The molecule has 7 heteroatoms. The van der Waals surface area contributed by atoms with Gasteiger partial charge in [0.05, 0.1) is 25.3 Å². The molecular formula is C22H27N3O4. The average molecular weight is 397 g/mol. The first-order valence-corrected chi connectivity index (χ1v) is 9.83. The Labute approximate surface area is 171 Å². The Balaban J connectivity index is 1.75. The Morgan fingerprint density at radius 3 is 2.45 bits per heavy atom. The van der Waals surface area contributed by atoms with E-state index < -0.39 is 0 Å². The van der Waals surface area contributed by atoms with Crippen LogP contribution < -0.4 is 14.8 Å². The van der Waals surface area contributed by atoms with Crippen LogP contribution in [0, 0.1) is 0 Å². The summed E-state index contributed by atoms with van der Waals surface area (Å²) in [6.45, 7) is 3.74. The molecular weight excluding hydrogens is 370 g/mol. The van der Waals surface area contributed by atoms with Crippen LogP contribution in [0.15, 0.2) is 30.6 Å². The second-order valence-electron chi connectivity index (χ2n) is 7.02. The van der Waals surface area contributed by atoms with Gasteiger partial charge in [0.25, 0.3) is 11.8 Å². The summed E-state index contributed by atoms with van der Waals surface area (Å²) < 4.78 is 10.7. The molecule has 0 unspecified atom stereocenters. The van der Waals surface area contributed by atoms with Gasteiger partial charge >= 0.3 is 0 Å². The number of nitrogens with zero attached hydrogens (tertiary/aromatic N) is 2. The number of carbonyl (C=O) groups is 2. The molecule has 0 saturated heterocycles. The summed E-state index contributed by atoms with van der Waals surface area (Å²) in [5, 5.41) is 2.85. The van der Waals surface area contributed by atoms with Crippen molar-refractivity contribution in [3.63, 3.8) is 0 Å². The zero-order valence-corrected chi connectivity index (χ0v) is 17.2. The fraction of sp³-hybridized carbons (Fsp3) is 0.409. The highest BCUT2D eigenvalue weighted by Crippen LogP contribution is 2.33. The third-order valence-corrected chi connectivity index (χ3v) is 5.07. The minimum atomic E-state index is -0.207. The molecule has 1 aromatic carbocycles. The lowest BCUT2D eigenvalue weighted by atomic mass is 9.98. The zero-order chi connectivity index (χ0) is 20.8. The van der Waals surface area contributed by atoms with Gasteiger partial charge in [-0.15, -0.1) is 0 Å². The standard InChI is InChI=1S/C22H27N3O4/c1-4-5-7-24-21(26)16-9-17(13-23-12-16)22(27)25-8-6-15-10-19(28-2)20(29-3)11-18(15)14-25/h9-13H,4-8,14H2,1-3H3,(H,24,26). The highest BCUT2D eigenvalue weighted by Gasteiger charge is 2.24. The number of carbonyl (C=O) groups excluding carboxylic acids is 2. The van der Waals surface area contributed by atoms with Crippen LogP contribution in [-0.2, 0) is 13.0 Å². The summed E-state index contributed by atoms with van der Waals surface area (Å²) in [6.07, 6.45) is 5.64. The molecule has 3 rings (SSSR count). The van der Waals surface area contributed by atoms with Crippen LogP contribution in [0.1, 0.15) is 51.6 Å². The van der Waals surface area contributed by atoms with E-state index in [1.807, 2.05) is 12.1 Å². The van der Waals surface area contributed by atoms with Gasteiger partial charge in [0, 0.05) is 32.0 Å². The molecule has 1 N–H and O–H groups in total. The van der Waals surface area contributed by atoms with E-state index in [1.165, 1.54) is 12.4 Å². The fourth-order valence-electron chi connectivity index (χ4n) is 3.40. The lowest BCUT2D eigenvalue weighted by molar-refractivity contribution is 0.0734. The Morgan fingerprint density at radius 2 is 1.76 bits per heavy atom. The van der Waals surface area contributed by atoms with Crippen LogP contribution in [0.3, 0.4) is 0 Å². The molecule has 2 aromatic rings. The first-order chi connectivity index (χ1) is 14.1. The van der Waals surface area contributed by atoms with Gasteiger partial charge in [-0.05, 0) is 42.2 Å². The predicted molar refractivity (Wildman–Crippen MR) is 109 cm³/mol. The van der Waals surface area contributed by atoms with Crippen molar-refractivity contribution >= 4 is 11.8 Å².